The van der Waals surface area contributed by atoms with E-state index in [9.17, 15) is 53.4 Å². The lowest BCUT2D eigenvalue weighted by molar-refractivity contribution is -0.146. The number of ether oxygens (including phenoxy) is 1. The number of rotatable bonds is 16. The zero-order valence-electron chi connectivity index (χ0n) is 41.7. The van der Waals surface area contributed by atoms with Crippen LogP contribution in [0.25, 0.3) is 0 Å². The molecule has 1 fully saturated rings. The summed E-state index contributed by atoms with van der Waals surface area (Å²) >= 11 is 1.33. The van der Waals surface area contributed by atoms with E-state index in [2.05, 4.69) is 43.5 Å². The van der Waals surface area contributed by atoms with Crippen molar-refractivity contribution in [3.8, 4) is 0 Å². The molecule has 0 spiro atoms. The first-order valence-corrected chi connectivity index (χ1v) is 24.5. The number of aliphatic carboxylic acids is 2. The number of hydrogen-bond acceptors (Lipinski definition) is 12. The number of nitrogens with two attached hydrogens (primary N) is 2. The summed E-state index contributed by atoms with van der Waals surface area (Å²) in [4.78, 5) is 126. The third-order valence-corrected chi connectivity index (χ3v) is 12.5. The van der Waals surface area contributed by atoms with E-state index >= 15 is 0 Å². The molecule has 0 radical (unpaired) electrons. The summed E-state index contributed by atoms with van der Waals surface area (Å²) in [6.45, 7) is 11.4. The first-order chi connectivity index (χ1) is 33.4. The fraction of sp³-hybridized carbons (Fsp3) is 0.542. The Bertz CT molecular complexity index is 2150. The lowest BCUT2D eigenvalue weighted by Crippen LogP contribution is -2.59. The van der Waals surface area contributed by atoms with Crippen LogP contribution in [-0.2, 0) is 54.3 Å². The van der Waals surface area contributed by atoms with Crippen molar-refractivity contribution in [1.29, 1.82) is 0 Å². The summed E-state index contributed by atoms with van der Waals surface area (Å²) in [5, 5.41) is 35.5. The van der Waals surface area contributed by atoms with Crippen molar-refractivity contribution in [3.63, 3.8) is 0 Å². The van der Waals surface area contributed by atoms with Crippen LogP contribution in [0.5, 0.6) is 0 Å². The van der Waals surface area contributed by atoms with Gasteiger partial charge in [-0.2, -0.15) is 11.8 Å². The monoisotopic (exact) mass is 1010 g/mol. The first kappa shape index (κ1) is 60.4. The van der Waals surface area contributed by atoms with E-state index < -0.39 is 120 Å². The molecule has 7 amide bonds. The molecule has 1 aliphatic heterocycles. The standard InChI is InChI=1S/C48H72N10O12S/c1-26(24-27(2)37(70-8)25-32-14-11-10-12-15-32)17-18-33-28(3)40(60)56-36(46(66)67)19-20-38(59)58(7)31(6)43(63)52-30(5)42(62)55-35(21-23-71-9)45(65)57-39(47(68)69)29(4)41(61)54-34(44(64)53-33)16-13-22-51-48(49)50/h10-12,14-15,17-18,24,27-30,33-37,39H,6,13,16,19-23,25H2,1-5,7-9H3,(H,52,63)(H,53,64)(H,54,61)(H,55,62)(H,56,60)(H,57,65)(H,66,67)(H,68,69)(H4,49,50,51)/b18-17+,26-24+/t27-,28-,29-,30+,33-,34-,35-,36+,37-,39+/m0/s1. The van der Waals surface area contributed by atoms with Gasteiger partial charge < -0.3 is 63.2 Å². The number of carboxylic acid groups (broad SMARTS) is 2. The molecule has 392 valence electrons. The first-order valence-electron chi connectivity index (χ1n) is 23.1. The Kier molecular flexibility index (Phi) is 25.6. The number of carbonyl (C=O) groups is 9. The highest BCUT2D eigenvalue weighted by molar-refractivity contribution is 7.98. The molecule has 0 aromatic heterocycles. The van der Waals surface area contributed by atoms with Gasteiger partial charge >= 0.3 is 11.9 Å². The third-order valence-electron chi connectivity index (χ3n) is 11.9. The molecule has 12 N–H and O–H groups in total. The molecule has 22 nitrogen and oxygen atoms in total. The summed E-state index contributed by atoms with van der Waals surface area (Å²) in [6, 6.07) is 1.01. The highest BCUT2D eigenvalue weighted by Crippen LogP contribution is 2.19. The summed E-state index contributed by atoms with van der Waals surface area (Å²) in [6.07, 6.45) is 6.38. The minimum atomic E-state index is -1.88. The van der Waals surface area contributed by atoms with Crippen LogP contribution in [0.3, 0.4) is 0 Å². The lowest BCUT2D eigenvalue weighted by Gasteiger charge is -2.28. The van der Waals surface area contributed by atoms with Crippen LogP contribution in [0.15, 0.2) is 71.4 Å². The second kappa shape index (κ2) is 30.1. The maximum atomic E-state index is 14.4. The zero-order valence-corrected chi connectivity index (χ0v) is 42.5. The Morgan fingerprint density at radius 2 is 1.48 bits per heavy atom. The molecule has 23 heteroatoms. The number of nitrogens with zero attached hydrogens (tertiary/aromatic N) is 2. The van der Waals surface area contributed by atoms with Gasteiger partial charge in [-0.25, -0.2) is 9.59 Å². The lowest BCUT2D eigenvalue weighted by atomic mass is 9.94. The van der Waals surface area contributed by atoms with Crippen molar-refractivity contribution in [3.05, 3.63) is 72.0 Å². The molecule has 1 saturated heterocycles. The van der Waals surface area contributed by atoms with Gasteiger partial charge in [0, 0.05) is 33.0 Å². The number of hydrogen-bond donors (Lipinski definition) is 10. The predicted molar refractivity (Wildman–Crippen MR) is 268 cm³/mol. The van der Waals surface area contributed by atoms with Gasteiger partial charge in [-0.05, 0) is 63.5 Å². The maximum Gasteiger partial charge on any atom is 0.327 e. The van der Waals surface area contributed by atoms with Gasteiger partial charge in [-0.3, -0.25) is 38.6 Å². The second-order valence-electron chi connectivity index (χ2n) is 17.4. The largest absolute Gasteiger partial charge is 0.480 e. The molecule has 10 atom stereocenters. The fourth-order valence-electron chi connectivity index (χ4n) is 7.26. The number of carboxylic acids is 2. The Hall–Kier alpha value is -6.75. The van der Waals surface area contributed by atoms with Crippen molar-refractivity contribution < 1.29 is 58.1 Å². The van der Waals surface area contributed by atoms with Gasteiger partial charge in [0.15, 0.2) is 5.96 Å². The topological polar surface area (TPSA) is 343 Å². The van der Waals surface area contributed by atoms with Crippen molar-refractivity contribution in [2.75, 3.05) is 32.7 Å². The summed E-state index contributed by atoms with van der Waals surface area (Å²) in [5.74, 6) is -12.0. The number of carbonyl (C=O) groups excluding carboxylic acids is 7. The highest BCUT2D eigenvalue weighted by Gasteiger charge is 2.37. The average Bonchev–Trinajstić information content (AvgIpc) is 3.32. The normalized spacial score (nSPS) is 25.2. The molecule has 2 rings (SSSR count). The zero-order chi connectivity index (χ0) is 53.5. The molecule has 1 aromatic carbocycles. The smallest absolute Gasteiger partial charge is 0.327 e. The number of allylic oxidation sites excluding steroid dienone is 2. The van der Waals surface area contributed by atoms with E-state index in [-0.39, 0.29) is 43.8 Å². The third kappa shape index (κ3) is 20.2. The van der Waals surface area contributed by atoms with E-state index in [1.54, 1.807) is 26.4 Å². The van der Waals surface area contributed by atoms with Gasteiger partial charge in [0.2, 0.25) is 35.4 Å². The highest BCUT2D eigenvalue weighted by atomic mass is 32.2. The second-order valence-corrected chi connectivity index (χ2v) is 18.4. The molecule has 0 unspecified atom stereocenters. The number of thioether (sulfide) groups is 1. The number of amides is 7. The van der Waals surface area contributed by atoms with Crippen LogP contribution in [-0.4, -0.2) is 149 Å². The van der Waals surface area contributed by atoms with Crippen LogP contribution in [0.1, 0.15) is 72.3 Å². The SMILES string of the molecule is C=C1C(=O)N[C@H](C)C(=O)N[C@@H](CCSC)C(=O)N[C@@H](C(=O)O)[C@H](C)C(=O)N[C@@H](CCCN=C(N)N)C(=O)N[C@@H](/C=C/C(C)=C/[C@H](C)[C@H](Cc2ccccc2)OC)[C@H](C)C(=O)N[C@@H](C(=O)O)CCC(=O)N1C. The van der Waals surface area contributed by atoms with Gasteiger partial charge in [0.1, 0.15) is 35.9 Å². The molecule has 1 heterocycles. The van der Waals surface area contributed by atoms with Crippen LogP contribution < -0.4 is 43.4 Å². The summed E-state index contributed by atoms with van der Waals surface area (Å²) in [5.41, 5.74) is 12.4. The molecule has 0 saturated carbocycles. The Morgan fingerprint density at radius 1 is 0.873 bits per heavy atom. The summed E-state index contributed by atoms with van der Waals surface area (Å²) in [7, 11) is 2.82. The number of nitrogens with one attached hydrogen (secondary N) is 6. The van der Waals surface area contributed by atoms with E-state index in [1.807, 2.05) is 43.3 Å². The number of benzene rings is 1. The fourth-order valence-corrected chi connectivity index (χ4v) is 7.73. The molecule has 0 bridgehead atoms. The van der Waals surface area contributed by atoms with Gasteiger partial charge in [-0.15, -0.1) is 0 Å². The van der Waals surface area contributed by atoms with Crippen LogP contribution in [0.4, 0.5) is 0 Å². The maximum absolute atomic E-state index is 14.4. The van der Waals surface area contributed by atoms with Gasteiger partial charge in [0.25, 0.3) is 5.91 Å². The Labute approximate surface area is 419 Å². The minimum absolute atomic E-state index is 0.00726. The van der Waals surface area contributed by atoms with Crippen molar-refractivity contribution >= 4 is 71.0 Å². The van der Waals surface area contributed by atoms with Crippen LogP contribution in [0, 0.1) is 17.8 Å². The van der Waals surface area contributed by atoms with Crippen LogP contribution >= 0.6 is 11.8 Å². The number of guanidine groups is 1. The summed E-state index contributed by atoms with van der Waals surface area (Å²) < 4.78 is 5.81. The van der Waals surface area contributed by atoms with Crippen LogP contribution in [0.2, 0.25) is 0 Å². The Morgan fingerprint density at radius 3 is 2.07 bits per heavy atom. The predicted octanol–water partition coefficient (Wildman–Crippen LogP) is 0.325. The molecular weight excluding hydrogens is 941 g/mol. The number of aliphatic imine (C=N–C) groups is 1. The molecular formula is C48H72N10O12S. The molecule has 71 heavy (non-hydrogen) atoms. The molecule has 1 aromatic rings. The van der Waals surface area contributed by atoms with E-state index in [1.165, 1.54) is 45.7 Å². The molecule has 1 aliphatic rings. The van der Waals surface area contributed by atoms with Crippen molar-refractivity contribution in [2.45, 2.75) is 115 Å². The Balaban J connectivity index is 2.72. The van der Waals surface area contributed by atoms with E-state index in [4.69, 9.17) is 16.2 Å². The van der Waals surface area contributed by atoms with Crippen molar-refractivity contribution in [2.24, 2.45) is 34.2 Å². The number of methoxy groups -OCH3 is 1. The van der Waals surface area contributed by atoms with Gasteiger partial charge in [-0.1, -0.05) is 81.5 Å². The quantitative estimate of drug-likeness (QED) is 0.0351. The van der Waals surface area contributed by atoms with Crippen molar-refractivity contribution in [1.82, 2.24) is 36.8 Å². The number of likely N-dealkylation sites (N-methyl/N-ethyl adjacent to an activating group) is 1. The van der Waals surface area contributed by atoms with E-state index in [0.717, 1.165) is 10.5 Å². The average molecular weight is 1010 g/mol. The van der Waals surface area contributed by atoms with E-state index in [0.29, 0.717) is 17.7 Å². The van der Waals surface area contributed by atoms with Gasteiger partial charge in [0.05, 0.1) is 24.0 Å². The molecule has 0 aliphatic carbocycles. The minimum Gasteiger partial charge on any atom is -0.480 e.